The Balaban J connectivity index is 1.33. The van der Waals surface area contributed by atoms with Gasteiger partial charge in [0.2, 0.25) is 5.88 Å². The number of ether oxygens (including phenoxy) is 3. The number of amides is 1. The number of piperazine rings is 1. The van der Waals surface area contributed by atoms with Crippen molar-refractivity contribution < 1.29 is 19.0 Å². The fourth-order valence-corrected chi connectivity index (χ4v) is 4.18. The molecule has 8 nitrogen and oxygen atoms in total. The lowest BCUT2D eigenvalue weighted by atomic mass is 9.98. The molecule has 2 heterocycles. The summed E-state index contributed by atoms with van der Waals surface area (Å²) in [6.07, 6.45) is 6.20. The molecule has 1 amide bonds. The van der Waals surface area contributed by atoms with E-state index in [0.29, 0.717) is 49.1 Å². The minimum absolute atomic E-state index is 0.0403. The Morgan fingerprint density at radius 2 is 1.71 bits per heavy atom. The van der Waals surface area contributed by atoms with Crippen molar-refractivity contribution in [1.82, 2.24) is 15.1 Å². The molecule has 1 saturated carbocycles. The molecule has 8 heteroatoms. The fourth-order valence-electron chi connectivity index (χ4n) is 4.18. The van der Waals surface area contributed by atoms with Gasteiger partial charge < -0.3 is 24.0 Å². The van der Waals surface area contributed by atoms with Crippen LogP contribution in [0.4, 0.5) is 5.82 Å². The second-order valence-electron chi connectivity index (χ2n) is 7.95. The molecule has 2 fully saturated rings. The van der Waals surface area contributed by atoms with Crippen molar-refractivity contribution in [1.29, 1.82) is 0 Å². The number of anilines is 1. The third-order valence-electron chi connectivity index (χ3n) is 6.00. The summed E-state index contributed by atoms with van der Waals surface area (Å²) < 4.78 is 16.6. The van der Waals surface area contributed by atoms with E-state index >= 15 is 0 Å². The van der Waals surface area contributed by atoms with Crippen molar-refractivity contribution in [3.8, 4) is 17.4 Å². The van der Waals surface area contributed by atoms with E-state index in [0.717, 1.165) is 18.7 Å². The highest BCUT2D eigenvalue weighted by Crippen LogP contribution is 2.27. The van der Waals surface area contributed by atoms with Crippen LogP contribution >= 0.6 is 0 Å². The van der Waals surface area contributed by atoms with E-state index in [1.165, 1.54) is 19.3 Å². The number of carbonyl (C=O) groups is 1. The molecule has 2 aliphatic rings. The van der Waals surface area contributed by atoms with Crippen molar-refractivity contribution in [3.05, 3.63) is 35.9 Å². The van der Waals surface area contributed by atoms with Crippen LogP contribution in [0.15, 0.2) is 30.3 Å². The molecule has 0 radical (unpaired) electrons. The number of carbonyl (C=O) groups excluding carboxylic acids is 1. The maximum absolute atomic E-state index is 13.0. The minimum atomic E-state index is -0.0403. The molecule has 1 aromatic heterocycles. The van der Waals surface area contributed by atoms with Crippen molar-refractivity contribution in [2.24, 2.45) is 0 Å². The van der Waals surface area contributed by atoms with Crippen LogP contribution in [-0.2, 0) is 0 Å². The second kappa shape index (κ2) is 9.85. The predicted octanol–water partition coefficient (Wildman–Crippen LogP) is 3.17. The van der Waals surface area contributed by atoms with Crippen LogP contribution in [-0.4, -0.2) is 67.5 Å². The van der Waals surface area contributed by atoms with Crippen LogP contribution < -0.4 is 19.1 Å². The average molecular weight is 427 g/mol. The fraction of sp³-hybridized carbons (Fsp3) is 0.522. The van der Waals surface area contributed by atoms with Gasteiger partial charge in [-0.3, -0.25) is 4.79 Å². The second-order valence-corrected chi connectivity index (χ2v) is 7.95. The van der Waals surface area contributed by atoms with Gasteiger partial charge in [-0.15, -0.1) is 10.2 Å². The number of hydrogen-bond acceptors (Lipinski definition) is 7. The summed E-state index contributed by atoms with van der Waals surface area (Å²) in [7, 11) is 3.15. The van der Waals surface area contributed by atoms with E-state index in [1.54, 1.807) is 32.4 Å². The van der Waals surface area contributed by atoms with Crippen LogP contribution in [0, 0.1) is 0 Å². The molecule has 1 aromatic carbocycles. The van der Waals surface area contributed by atoms with Gasteiger partial charge in [0.25, 0.3) is 5.91 Å². The molecule has 0 N–H and O–H groups in total. The molecule has 2 aromatic rings. The SMILES string of the molecule is COc1ccc(C(=O)N2CCN(c3ccc(OC4CCCCC4)nn3)CC2)c(OC)c1. The van der Waals surface area contributed by atoms with Crippen molar-refractivity contribution >= 4 is 11.7 Å². The monoisotopic (exact) mass is 426 g/mol. The van der Waals surface area contributed by atoms with E-state index in [1.807, 2.05) is 17.0 Å². The Morgan fingerprint density at radius 1 is 0.935 bits per heavy atom. The first kappa shape index (κ1) is 21.2. The number of hydrogen-bond donors (Lipinski definition) is 0. The molecule has 0 bridgehead atoms. The Morgan fingerprint density at radius 3 is 2.35 bits per heavy atom. The van der Waals surface area contributed by atoms with E-state index in [9.17, 15) is 4.79 Å². The highest BCUT2D eigenvalue weighted by molar-refractivity contribution is 5.97. The van der Waals surface area contributed by atoms with Gasteiger partial charge in [0, 0.05) is 38.3 Å². The molecular weight excluding hydrogens is 396 g/mol. The maximum atomic E-state index is 13.0. The first-order chi connectivity index (χ1) is 15.2. The van der Waals surface area contributed by atoms with Gasteiger partial charge in [-0.1, -0.05) is 6.42 Å². The molecule has 1 aliphatic carbocycles. The minimum Gasteiger partial charge on any atom is -0.497 e. The summed E-state index contributed by atoms with van der Waals surface area (Å²) in [6, 6.07) is 9.11. The molecule has 4 rings (SSSR count). The molecule has 0 atom stereocenters. The summed E-state index contributed by atoms with van der Waals surface area (Å²) in [5.74, 6) is 2.54. The molecule has 166 valence electrons. The van der Waals surface area contributed by atoms with Gasteiger partial charge in [0.05, 0.1) is 19.8 Å². The topological polar surface area (TPSA) is 77.0 Å². The third kappa shape index (κ3) is 5.00. The van der Waals surface area contributed by atoms with Gasteiger partial charge in [0.15, 0.2) is 5.82 Å². The summed E-state index contributed by atoms with van der Waals surface area (Å²) in [5, 5.41) is 8.62. The van der Waals surface area contributed by atoms with E-state index in [4.69, 9.17) is 14.2 Å². The Bertz CT molecular complexity index is 876. The number of methoxy groups -OCH3 is 2. The smallest absolute Gasteiger partial charge is 0.257 e. The normalized spacial score (nSPS) is 17.4. The van der Waals surface area contributed by atoms with Crippen LogP contribution in [0.25, 0.3) is 0 Å². The Hall–Kier alpha value is -3.03. The number of aromatic nitrogens is 2. The molecule has 0 unspecified atom stereocenters. The van der Waals surface area contributed by atoms with Gasteiger partial charge in [-0.2, -0.15) is 0 Å². The lowest BCUT2D eigenvalue weighted by molar-refractivity contribution is 0.0743. The molecule has 0 spiro atoms. The average Bonchev–Trinajstić information content (AvgIpc) is 2.84. The number of nitrogens with zero attached hydrogens (tertiary/aromatic N) is 4. The lowest BCUT2D eigenvalue weighted by Gasteiger charge is -2.35. The van der Waals surface area contributed by atoms with Crippen LogP contribution in [0.2, 0.25) is 0 Å². The zero-order chi connectivity index (χ0) is 21.6. The zero-order valence-electron chi connectivity index (χ0n) is 18.2. The van der Waals surface area contributed by atoms with Crippen molar-refractivity contribution in [3.63, 3.8) is 0 Å². The van der Waals surface area contributed by atoms with Gasteiger partial charge in [0.1, 0.15) is 17.6 Å². The van der Waals surface area contributed by atoms with Crippen LogP contribution in [0.5, 0.6) is 17.4 Å². The van der Waals surface area contributed by atoms with Crippen molar-refractivity contribution in [2.45, 2.75) is 38.2 Å². The highest BCUT2D eigenvalue weighted by Gasteiger charge is 2.25. The molecule has 31 heavy (non-hydrogen) atoms. The summed E-state index contributed by atoms with van der Waals surface area (Å²) in [6.45, 7) is 2.61. The van der Waals surface area contributed by atoms with Crippen LogP contribution in [0.1, 0.15) is 42.5 Å². The zero-order valence-corrected chi connectivity index (χ0v) is 18.2. The molecular formula is C23H30N4O4. The summed E-state index contributed by atoms with van der Waals surface area (Å²) in [5.41, 5.74) is 0.542. The van der Waals surface area contributed by atoms with Gasteiger partial charge in [-0.05, 0) is 43.9 Å². The van der Waals surface area contributed by atoms with Crippen molar-refractivity contribution in [2.75, 3.05) is 45.3 Å². The van der Waals surface area contributed by atoms with Crippen LogP contribution in [0.3, 0.4) is 0 Å². The maximum Gasteiger partial charge on any atom is 0.257 e. The highest BCUT2D eigenvalue weighted by atomic mass is 16.5. The standard InChI is InChI=1S/C23H30N4O4/c1-29-18-8-9-19(20(16-18)30-2)23(28)27-14-12-26(13-15-27)21-10-11-22(25-24-21)31-17-6-4-3-5-7-17/h8-11,16-17H,3-7,12-15H2,1-2H3. The molecule has 1 aliphatic heterocycles. The van der Waals surface area contributed by atoms with E-state index < -0.39 is 0 Å². The summed E-state index contributed by atoms with van der Waals surface area (Å²) in [4.78, 5) is 17.0. The number of rotatable bonds is 6. The first-order valence-corrected chi connectivity index (χ1v) is 10.9. The third-order valence-corrected chi connectivity index (χ3v) is 6.00. The largest absolute Gasteiger partial charge is 0.497 e. The van der Waals surface area contributed by atoms with E-state index in [-0.39, 0.29) is 12.0 Å². The van der Waals surface area contributed by atoms with E-state index in [2.05, 4.69) is 15.1 Å². The number of benzene rings is 1. The van der Waals surface area contributed by atoms with Gasteiger partial charge >= 0.3 is 0 Å². The lowest BCUT2D eigenvalue weighted by Crippen LogP contribution is -2.49. The Labute approximate surface area is 183 Å². The first-order valence-electron chi connectivity index (χ1n) is 10.9. The quantitative estimate of drug-likeness (QED) is 0.702. The van der Waals surface area contributed by atoms with Gasteiger partial charge in [-0.25, -0.2) is 0 Å². The molecule has 1 saturated heterocycles. The Kier molecular flexibility index (Phi) is 6.74. The predicted molar refractivity (Wildman–Crippen MR) is 117 cm³/mol. The summed E-state index contributed by atoms with van der Waals surface area (Å²) >= 11 is 0.